The number of hydrogen-bond donors (Lipinski definition) is 0. The maximum atomic E-state index is 14.1. The topological polar surface area (TPSA) is 23.8 Å². The summed E-state index contributed by atoms with van der Waals surface area (Å²) in [5, 5.41) is 8.88. The molecule has 0 aliphatic heterocycles. The summed E-state index contributed by atoms with van der Waals surface area (Å²) in [5.74, 6) is -1.55. The van der Waals surface area contributed by atoms with Crippen LogP contribution in [0.5, 0.6) is 0 Å². The Morgan fingerprint density at radius 1 is 1.18 bits per heavy atom. The summed E-state index contributed by atoms with van der Waals surface area (Å²) in [6, 6.07) is 10.9. The molecule has 0 bridgehead atoms. The first kappa shape index (κ1) is 16.4. The van der Waals surface area contributed by atoms with E-state index in [0.29, 0.717) is 33.3 Å². The molecule has 1 nitrogen and oxygen atoms in total. The standard InChI is InChI=1S/C16H11F4NS/c1-10-5-14(17)13(7-15(10)22-9-16(18,19)20)12-4-2-3-11(6-12)8-21/h2-7H,9H2,1H3. The number of halogens is 4. The molecule has 0 atom stereocenters. The molecule has 0 saturated heterocycles. The van der Waals surface area contributed by atoms with Crippen molar-refractivity contribution >= 4 is 11.8 Å². The normalized spacial score (nSPS) is 11.3. The van der Waals surface area contributed by atoms with Gasteiger partial charge >= 0.3 is 6.18 Å². The fraction of sp³-hybridized carbons (Fsp3) is 0.188. The third kappa shape index (κ3) is 4.01. The molecule has 0 aromatic heterocycles. The van der Waals surface area contributed by atoms with Gasteiger partial charge in [0.1, 0.15) is 5.82 Å². The second kappa shape index (κ2) is 6.41. The van der Waals surface area contributed by atoms with Crippen LogP contribution in [-0.2, 0) is 0 Å². The molecule has 2 aromatic rings. The van der Waals surface area contributed by atoms with Crippen LogP contribution < -0.4 is 0 Å². The molecule has 0 aliphatic rings. The van der Waals surface area contributed by atoms with Gasteiger partial charge in [0, 0.05) is 10.5 Å². The highest BCUT2D eigenvalue weighted by atomic mass is 32.2. The van der Waals surface area contributed by atoms with Gasteiger partial charge in [-0.05, 0) is 42.3 Å². The maximum Gasteiger partial charge on any atom is 0.398 e. The van der Waals surface area contributed by atoms with Crippen LogP contribution >= 0.6 is 11.8 Å². The highest BCUT2D eigenvalue weighted by molar-refractivity contribution is 7.99. The molecule has 0 unspecified atom stereocenters. The predicted molar refractivity (Wildman–Crippen MR) is 78.1 cm³/mol. The zero-order valence-electron chi connectivity index (χ0n) is 11.5. The van der Waals surface area contributed by atoms with E-state index in [-0.39, 0.29) is 5.56 Å². The summed E-state index contributed by atoms with van der Waals surface area (Å²) < 4.78 is 51.1. The second-order valence-electron chi connectivity index (χ2n) is 4.69. The van der Waals surface area contributed by atoms with Gasteiger partial charge in [0.15, 0.2) is 0 Å². The summed E-state index contributed by atoms with van der Waals surface area (Å²) in [6.07, 6.45) is -4.29. The van der Waals surface area contributed by atoms with Crippen LogP contribution in [0.1, 0.15) is 11.1 Å². The fourth-order valence-corrected chi connectivity index (χ4v) is 2.75. The minimum absolute atomic E-state index is 0.187. The first-order valence-corrected chi connectivity index (χ1v) is 7.29. The van der Waals surface area contributed by atoms with Crippen LogP contribution in [-0.4, -0.2) is 11.9 Å². The lowest BCUT2D eigenvalue weighted by atomic mass is 10.0. The van der Waals surface area contributed by atoms with E-state index in [1.165, 1.54) is 18.2 Å². The van der Waals surface area contributed by atoms with E-state index in [1.54, 1.807) is 25.1 Å². The van der Waals surface area contributed by atoms with E-state index in [1.807, 2.05) is 6.07 Å². The molecule has 6 heteroatoms. The summed E-state index contributed by atoms with van der Waals surface area (Å²) in [4.78, 5) is 0.371. The maximum absolute atomic E-state index is 14.1. The highest BCUT2D eigenvalue weighted by Gasteiger charge is 2.27. The number of thioether (sulfide) groups is 1. The molecule has 2 aromatic carbocycles. The predicted octanol–water partition coefficient (Wildman–Crippen LogP) is 5.33. The Labute approximate surface area is 129 Å². The van der Waals surface area contributed by atoms with Crippen molar-refractivity contribution in [3.05, 3.63) is 53.3 Å². The van der Waals surface area contributed by atoms with E-state index in [2.05, 4.69) is 0 Å². The Kier molecular flexibility index (Phi) is 4.77. The first-order chi connectivity index (χ1) is 10.3. The molecule has 2 rings (SSSR count). The van der Waals surface area contributed by atoms with Crippen LogP contribution in [0.25, 0.3) is 11.1 Å². The van der Waals surface area contributed by atoms with Crippen molar-refractivity contribution in [2.45, 2.75) is 18.0 Å². The largest absolute Gasteiger partial charge is 0.398 e. The van der Waals surface area contributed by atoms with Gasteiger partial charge in [0.05, 0.1) is 17.4 Å². The summed E-state index contributed by atoms with van der Waals surface area (Å²) >= 11 is 0.625. The lowest BCUT2D eigenvalue weighted by molar-refractivity contribution is -0.105. The smallest absolute Gasteiger partial charge is 0.206 e. The van der Waals surface area contributed by atoms with Gasteiger partial charge in [-0.1, -0.05) is 12.1 Å². The summed E-state index contributed by atoms with van der Waals surface area (Å²) in [7, 11) is 0. The zero-order chi connectivity index (χ0) is 16.3. The Balaban J connectivity index is 2.42. The number of aryl methyl sites for hydroxylation is 1. The van der Waals surface area contributed by atoms with Gasteiger partial charge in [0.25, 0.3) is 0 Å². The lowest BCUT2D eigenvalue weighted by Crippen LogP contribution is -2.10. The number of nitrogens with zero attached hydrogens (tertiary/aromatic N) is 1. The Hall–Kier alpha value is -2.00. The monoisotopic (exact) mass is 325 g/mol. The van der Waals surface area contributed by atoms with Crippen LogP contribution in [0.3, 0.4) is 0 Å². The molecule has 114 valence electrons. The zero-order valence-corrected chi connectivity index (χ0v) is 12.4. The molecule has 0 aliphatic carbocycles. The van der Waals surface area contributed by atoms with Gasteiger partial charge in [-0.25, -0.2) is 4.39 Å². The van der Waals surface area contributed by atoms with Crippen molar-refractivity contribution in [3.8, 4) is 17.2 Å². The van der Waals surface area contributed by atoms with Crippen molar-refractivity contribution < 1.29 is 17.6 Å². The molecule has 0 fully saturated rings. The molecular formula is C16H11F4NS. The molecule has 0 saturated carbocycles. The van der Waals surface area contributed by atoms with Crippen molar-refractivity contribution in [3.63, 3.8) is 0 Å². The van der Waals surface area contributed by atoms with E-state index >= 15 is 0 Å². The third-order valence-corrected chi connectivity index (χ3v) is 4.18. The quantitative estimate of drug-likeness (QED) is 0.563. The minimum atomic E-state index is -4.29. The second-order valence-corrected chi connectivity index (χ2v) is 5.71. The molecule has 0 N–H and O–H groups in total. The van der Waals surface area contributed by atoms with Gasteiger partial charge in [-0.15, -0.1) is 11.8 Å². The van der Waals surface area contributed by atoms with Gasteiger partial charge in [-0.2, -0.15) is 18.4 Å². The van der Waals surface area contributed by atoms with Gasteiger partial charge in [-0.3, -0.25) is 0 Å². The number of nitriles is 1. The van der Waals surface area contributed by atoms with Crippen molar-refractivity contribution in [1.29, 1.82) is 5.26 Å². The summed E-state index contributed by atoms with van der Waals surface area (Å²) in [6.45, 7) is 1.57. The van der Waals surface area contributed by atoms with E-state index in [9.17, 15) is 17.6 Å². The van der Waals surface area contributed by atoms with Crippen LogP contribution in [0.15, 0.2) is 41.3 Å². The van der Waals surface area contributed by atoms with Crippen LogP contribution in [0.4, 0.5) is 17.6 Å². The number of rotatable bonds is 3. The van der Waals surface area contributed by atoms with E-state index in [4.69, 9.17) is 5.26 Å². The van der Waals surface area contributed by atoms with Crippen LogP contribution in [0, 0.1) is 24.1 Å². The fourth-order valence-electron chi connectivity index (χ4n) is 1.95. The molecular weight excluding hydrogens is 314 g/mol. The Bertz CT molecular complexity index is 732. The third-order valence-electron chi connectivity index (χ3n) is 2.96. The number of alkyl halides is 3. The molecule has 0 spiro atoms. The molecule has 22 heavy (non-hydrogen) atoms. The van der Waals surface area contributed by atoms with Crippen LogP contribution in [0.2, 0.25) is 0 Å². The van der Waals surface area contributed by atoms with Gasteiger partial charge in [0.2, 0.25) is 0 Å². The lowest BCUT2D eigenvalue weighted by Gasteiger charge is -2.12. The average molecular weight is 325 g/mol. The number of hydrogen-bond acceptors (Lipinski definition) is 2. The van der Waals surface area contributed by atoms with E-state index in [0.717, 1.165) is 0 Å². The molecule has 0 heterocycles. The minimum Gasteiger partial charge on any atom is -0.206 e. The van der Waals surface area contributed by atoms with E-state index < -0.39 is 17.7 Å². The number of benzene rings is 2. The van der Waals surface area contributed by atoms with Crippen molar-refractivity contribution in [2.75, 3.05) is 5.75 Å². The SMILES string of the molecule is Cc1cc(F)c(-c2cccc(C#N)c2)cc1SCC(F)(F)F. The van der Waals surface area contributed by atoms with Gasteiger partial charge < -0.3 is 0 Å². The average Bonchev–Trinajstić information content (AvgIpc) is 2.45. The van der Waals surface area contributed by atoms with Crippen molar-refractivity contribution in [2.24, 2.45) is 0 Å². The highest BCUT2D eigenvalue weighted by Crippen LogP contribution is 2.34. The molecule has 0 radical (unpaired) electrons. The summed E-state index contributed by atoms with van der Waals surface area (Å²) in [5.41, 5.74) is 1.46. The Morgan fingerprint density at radius 2 is 1.91 bits per heavy atom. The Morgan fingerprint density at radius 3 is 2.55 bits per heavy atom. The molecule has 0 amide bonds. The first-order valence-electron chi connectivity index (χ1n) is 6.30. The van der Waals surface area contributed by atoms with Crippen molar-refractivity contribution in [1.82, 2.24) is 0 Å².